The highest BCUT2D eigenvalue weighted by Gasteiger charge is 2.41. The lowest BCUT2D eigenvalue weighted by atomic mass is 10.2. The van der Waals surface area contributed by atoms with Gasteiger partial charge in [-0.15, -0.1) is 24.0 Å². The monoisotopic (exact) mass is 477 g/mol. The molecular weight excluding hydrogens is 446 g/mol. The fourth-order valence-corrected chi connectivity index (χ4v) is 3.09. The first-order valence-electron chi connectivity index (χ1n) is 8.72. The maximum atomic E-state index is 12.8. The highest BCUT2D eigenvalue weighted by atomic mass is 127. The Morgan fingerprint density at radius 1 is 1.20 bits per heavy atom. The summed E-state index contributed by atoms with van der Waals surface area (Å²) in [5.74, 6) is 0.783. The number of likely N-dealkylation sites (N-methyl/N-ethyl adjacent to an activating group) is 1. The van der Waals surface area contributed by atoms with Crippen molar-refractivity contribution in [1.29, 1.82) is 0 Å². The molecule has 0 aromatic rings. The molecule has 2 unspecified atom stereocenters. The largest absolute Gasteiger partial charge is 0.403 e. The van der Waals surface area contributed by atoms with Gasteiger partial charge in [-0.25, -0.2) is 0 Å². The molecule has 1 heterocycles. The minimum absolute atomic E-state index is 0. The molecule has 2 fully saturated rings. The summed E-state index contributed by atoms with van der Waals surface area (Å²) in [6, 6.07) is -0.279. The van der Waals surface area contributed by atoms with Crippen LogP contribution in [0.2, 0.25) is 0 Å². The van der Waals surface area contributed by atoms with Gasteiger partial charge in [-0.2, -0.15) is 13.2 Å². The van der Waals surface area contributed by atoms with Crippen LogP contribution in [0.25, 0.3) is 0 Å². The van der Waals surface area contributed by atoms with Gasteiger partial charge in [0.1, 0.15) is 6.04 Å². The molecule has 2 rings (SSSR count). The van der Waals surface area contributed by atoms with E-state index < -0.39 is 12.2 Å². The lowest BCUT2D eigenvalue weighted by Crippen LogP contribution is -2.57. The van der Waals surface area contributed by atoms with E-state index in [1.165, 1.54) is 24.7 Å². The van der Waals surface area contributed by atoms with Gasteiger partial charge in [0.05, 0.1) is 0 Å². The zero-order valence-electron chi connectivity index (χ0n) is 15.5. The summed E-state index contributed by atoms with van der Waals surface area (Å²) in [4.78, 5) is 10.2. The number of aliphatic imine (C=N–C) groups is 1. The second-order valence-electron chi connectivity index (χ2n) is 6.91. The van der Waals surface area contributed by atoms with E-state index in [4.69, 9.17) is 0 Å². The highest BCUT2D eigenvalue weighted by Crippen LogP contribution is 2.27. The number of hydrogen-bond acceptors (Lipinski definition) is 3. The number of nitrogens with zero attached hydrogens (tertiary/aromatic N) is 4. The fourth-order valence-electron chi connectivity index (χ4n) is 3.09. The summed E-state index contributed by atoms with van der Waals surface area (Å²) in [6.45, 7) is 6.14. The van der Waals surface area contributed by atoms with E-state index in [9.17, 15) is 13.2 Å². The molecule has 1 N–H and O–H groups in total. The molecule has 0 aromatic heterocycles. The van der Waals surface area contributed by atoms with Crippen LogP contribution in [0.15, 0.2) is 4.99 Å². The van der Waals surface area contributed by atoms with Crippen LogP contribution < -0.4 is 5.32 Å². The summed E-state index contributed by atoms with van der Waals surface area (Å²) in [6.07, 6.45) is -1.62. The Kier molecular flexibility index (Phi) is 8.73. The molecule has 148 valence electrons. The Morgan fingerprint density at radius 2 is 1.76 bits per heavy atom. The number of alkyl halides is 3. The number of rotatable bonds is 5. The van der Waals surface area contributed by atoms with Crippen LogP contribution in [0.4, 0.5) is 13.2 Å². The van der Waals surface area contributed by atoms with Crippen molar-refractivity contribution in [2.45, 2.75) is 51.0 Å². The third-order valence-electron chi connectivity index (χ3n) is 5.22. The van der Waals surface area contributed by atoms with Crippen molar-refractivity contribution in [1.82, 2.24) is 20.0 Å². The van der Waals surface area contributed by atoms with Gasteiger partial charge in [-0.3, -0.25) is 14.8 Å². The first-order valence-corrected chi connectivity index (χ1v) is 8.72. The maximum Gasteiger partial charge on any atom is 0.403 e. The van der Waals surface area contributed by atoms with Crippen LogP contribution in [0.5, 0.6) is 0 Å². The van der Waals surface area contributed by atoms with Crippen LogP contribution in [0, 0.1) is 0 Å². The third-order valence-corrected chi connectivity index (χ3v) is 5.22. The van der Waals surface area contributed by atoms with E-state index in [0.717, 1.165) is 12.5 Å². The first kappa shape index (κ1) is 22.8. The number of nitrogens with one attached hydrogen (secondary N) is 1. The highest BCUT2D eigenvalue weighted by molar-refractivity contribution is 14.0. The molecule has 0 bridgehead atoms. The molecular formula is C16H31F3IN5. The Balaban J connectivity index is 0.00000312. The molecule has 1 saturated heterocycles. The Morgan fingerprint density at radius 3 is 2.20 bits per heavy atom. The van der Waals surface area contributed by atoms with Gasteiger partial charge >= 0.3 is 6.18 Å². The third kappa shape index (κ3) is 6.42. The quantitative estimate of drug-likeness (QED) is 0.374. The van der Waals surface area contributed by atoms with Gasteiger partial charge < -0.3 is 10.2 Å². The number of guanidine groups is 1. The second kappa shape index (κ2) is 9.59. The SMILES string of the molecule is CN=C(NCC(C)N(C)C1CC1)N1CCN(C(C)C(F)(F)F)CC1.I. The van der Waals surface area contributed by atoms with Crippen LogP contribution in [-0.2, 0) is 0 Å². The molecule has 1 saturated carbocycles. The normalized spacial score (nSPS) is 22.6. The summed E-state index contributed by atoms with van der Waals surface area (Å²) in [5, 5.41) is 3.37. The molecule has 1 aliphatic carbocycles. The van der Waals surface area contributed by atoms with Crippen molar-refractivity contribution in [3.8, 4) is 0 Å². The average molecular weight is 477 g/mol. The first-order chi connectivity index (χ1) is 11.2. The van der Waals surface area contributed by atoms with E-state index >= 15 is 0 Å². The molecule has 9 heteroatoms. The predicted octanol–water partition coefficient (Wildman–Crippen LogP) is 2.23. The lowest BCUT2D eigenvalue weighted by molar-refractivity contribution is -0.181. The Bertz CT molecular complexity index is 434. The van der Waals surface area contributed by atoms with Crippen molar-refractivity contribution in [2.75, 3.05) is 46.8 Å². The topological polar surface area (TPSA) is 34.1 Å². The predicted molar refractivity (Wildman–Crippen MR) is 106 cm³/mol. The molecule has 25 heavy (non-hydrogen) atoms. The smallest absolute Gasteiger partial charge is 0.355 e. The summed E-state index contributed by atoms with van der Waals surface area (Å²) >= 11 is 0. The molecule has 0 radical (unpaired) electrons. The zero-order valence-corrected chi connectivity index (χ0v) is 17.8. The average Bonchev–Trinajstić information content (AvgIpc) is 3.38. The zero-order chi connectivity index (χ0) is 17.9. The van der Waals surface area contributed by atoms with E-state index in [1.807, 2.05) is 4.90 Å². The second-order valence-corrected chi connectivity index (χ2v) is 6.91. The minimum Gasteiger partial charge on any atom is -0.355 e. The number of hydrogen-bond donors (Lipinski definition) is 1. The van der Waals surface area contributed by atoms with Crippen molar-refractivity contribution >= 4 is 29.9 Å². The molecule has 0 aromatic carbocycles. The number of halogens is 4. The number of piperazine rings is 1. The molecule has 1 aliphatic heterocycles. The van der Waals surface area contributed by atoms with Crippen LogP contribution >= 0.6 is 24.0 Å². The van der Waals surface area contributed by atoms with Crippen molar-refractivity contribution in [3.63, 3.8) is 0 Å². The van der Waals surface area contributed by atoms with Crippen molar-refractivity contribution < 1.29 is 13.2 Å². The van der Waals surface area contributed by atoms with Gasteiger partial charge in [0, 0.05) is 51.9 Å². The van der Waals surface area contributed by atoms with Gasteiger partial charge in [0.25, 0.3) is 0 Å². The Hall–Kier alpha value is -0.290. The van der Waals surface area contributed by atoms with Crippen LogP contribution in [0.1, 0.15) is 26.7 Å². The summed E-state index contributed by atoms with van der Waals surface area (Å²) < 4.78 is 38.4. The fraction of sp³-hybridized carbons (Fsp3) is 0.938. The van der Waals surface area contributed by atoms with E-state index in [0.29, 0.717) is 38.3 Å². The molecule has 0 spiro atoms. The summed E-state index contributed by atoms with van der Waals surface area (Å²) in [7, 11) is 3.87. The van der Waals surface area contributed by atoms with E-state index in [1.54, 1.807) is 7.05 Å². The van der Waals surface area contributed by atoms with Gasteiger partial charge in [0.2, 0.25) is 0 Å². The standard InChI is InChI=1S/C16H30F3N5.HI/c1-12(22(4)14-5-6-14)11-21-15(20-3)24-9-7-23(8-10-24)13(2)16(17,18)19;/h12-14H,5-11H2,1-4H3,(H,20,21);1H. The summed E-state index contributed by atoms with van der Waals surface area (Å²) in [5.41, 5.74) is 0. The lowest BCUT2D eigenvalue weighted by Gasteiger charge is -2.40. The van der Waals surface area contributed by atoms with E-state index in [2.05, 4.69) is 29.2 Å². The Labute approximate surface area is 166 Å². The molecule has 2 atom stereocenters. The van der Waals surface area contributed by atoms with Crippen molar-refractivity contribution in [2.24, 2.45) is 4.99 Å². The van der Waals surface area contributed by atoms with Gasteiger partial charge in [-0.1, -0.05) is 0 Å². The molecule has 5 nitrogen and oxygen atoms in total. The van der Waals surface area contributed by atoms with Gasteiger partial charge in [-0.05, 0) is 33.7 Å². The minimum atomic E-state index is -4.16. The molecule has 0 amide bonds. The van der Waals surface area contributed by atoms with Crippen LogP contribution in [-0.4, -0.2) is 91.8 Å². The van der Waals surface area contributed by atoms with Gasteiger partial charge in [0.15, 0.2) is 5.96 Å². The molecule has 2 aliphatic rings. The maximum absolute atomic E-state index is 12.8. The van der Waals surface area contributed by atoms with Crippen molar-refractivity contribution in [3.05, 3.63) is 0 Å². The van der Waals surface area contributed by atoms with E-state index in [-0.39, 0.29) is 24.0 Å². The van der Waals surface area contributed by atoms with Crippen LogP contribution in [0.3, 0.4) is 0 Å².